The topological polar surface area (TPSA) is 92.6 Å². The van der Waals surface area contributed by atoms with E-state index in [-0.39, 0.29) is 17.8 Å². The first-order valence-electron chi connectivity index (χ1n) is 4.94. The molecule has 7 nitrogen and oxygen atoms in total. The maximum Gasteiger partial charge on any atom is 0.324 e. The fraction of sp³-hybridized carbons (Fsp3) is 0.200. The molecule has 0 radical (unpaired) electrons. The number of hydrogen-bond acceptors (Lipinski definition) is 4. The van der Waals surface area contributed by atoms with Crippen molar-refractivity contribution in [1.29, 1.82) is 0 Å². The first-order valence-corrected chi connectivity index (χ1v) is 4.94. The van der Waals surface area contributed by atoms with E-state index in [4.69, 9.17) is 0 Å². The van der Waals surface area contributed by atoms with E-state index >= 15 is 0 Å². The minimum Gasteiger partial charge on any atom is -0.336 e. The Morgan fingerprint density at radius 2 is 2.24 bits per heavy atom. The quantitative estimate of drug-likeness (QED) is 0.605. The van der Waals surface area contributed by atoms with Crippen molar-refractivity contribution in [2.75, 3.05) is 13.1 Å². The normalized spacial score (nSPS) is 14.6. The minimum atomic E-state index is -0.583. The molecule has 3 amide bonds. The number of imide groups is 1. The molecular weight excluding hydrogens is 226 g/mol. The highest BCUT2D eigenvalue weighted by molar-refractivity contribution is 6.05. The van der Waals surface area contributed by atoms with Crippen molar-refractivity contribution in [3.8, 4) is 0 Å². The maximum atomic E-state index is 11.9. The highest BCUT2D eigenvalue weighted by atomic mass is 16.6. The van der Waals surface area contributed by atoms with Gasteiger partial charge in [0, 0.05) is 30.8 Å². The average Bonchev–Trinajstić information content (AvgIpc) is 2.74. The molecule has 1 aromatic rings. The number of benzene rings is 1. The van der Waals surface area contributed by atoms with Crippen LogP contribution in [0.15, 0.2) is 24.3 Å². The maximum absolute atomic E-state index is 11.9. The fourth-order valence-electron chi connectivity index (χ4n) is 1.57. The summed E-state index contributed by atoms with van der Waals surface area (Å²) >= 11 is 0. The summed E-state index contributed by atoms with van der Waals surface area (Å²) in [5.74, 6) is -0.524. The predicted molar refractivity (Wildman–Crippen MR) is 57.5 cm³/mol. The monoisotopic (exact) mass is 235 g/mol. The Morgan fingerprint density at radius 3 is 2.82 bits per heavy atom. The predicted octanol–water partition coefficient (Wildman–Crippen LogP) is 0.760. The first-order chi connectivity index (χ1) is 8.09. The van der Waals surface area contributed by atoms with Gasteiger partial charge >= 0.3 is 6.03 Å². The zero-order valence-corrected chi connectivity index (χ0v) is 8.75. The molecule has 0 aliphatic carbocycles. The van der Waals surface area contributed by atoms with E-state index in [9.17, 15) is 19.7 Å². The van der Waals surface area contributed by atoms with Gasteiger partial charge in [0.15, 0.2) is 0 Å². The number of non-ortho nitro benzene ring substituents is 1. The molecule has 7 heteroatoms. The van der Waals surface area contributed by atoms with Crippen molar-refractivity contribution >= 4 is 17.6 Å². The average molecular weight is 235 g/mol. The molecule has 1 heterocycles. The van der Waals surface area contributed by atoms with Gasteiger partial charge in [-0.2, -0.15) is 0 Å². The van der Waals surface area contributed by atoms with E-state index in [1.807, 2.05) is 0 Å². The van der Waals surface area contributed by atoms with E-state index in [1.54, 1.807) is 0 Å². The van der Waals surface area contributed by atoms with Crippen LogP contribution in [0.2, 0.25) is 0 Å². The van der Waals surface area contributed by atoms with E-state index < -0.39 is 16.9 Å². The summed E-state index contributed by atoms with van der Waals surface area (Å²) in [5, 5.41) is 13.1. The molecule has 2 rings (SSSR count). The molecule has 0 bridgehead atoms. The van der Waals surface area contributed by atoms with Crippen LogP contribution in [-0.2, 0) is 0 Å². The third-order valence-corrected chi connectivity index (χ3v) is 2.41. The summed E-state index contributed by atoms with van der Waals surface area (Å²) in [6.07, 6.45) is 0. The third kappa shape index (κ3) is 2.07. The Kier molecular flexibility index (Phi) is 2.73. The number of nitrogens with one attached hydrogen (secondary N) is 1. The van der Waals surface area contributed by atoms with Crippen LogP contribution in [0.3, 0.4) is 0 Å². The number of amides is 3. The smallest absolute Gasteiger partial charge is 0.324 e. The van der Waals surface area contributed by atoms with Crippen LogP contribution >= 0.6 is 0 Å². The van der Waals surface area contributed by atoms with Crippen molar-refractivity contribution in [3.63, 3.8) is 0 Å². The van der Waals surface area contributed by atoms with Crippen molar-refractivity contribution in [2.45, 2.75) is 0 Å². The summed E-state index contributed by atoms with van der Waals surface area (Å²) in [6, 6.07) is 4.84. The zero-order chi connectivity index (χ0) is 12.4. The van der Waals surface area contributed by atoms with Crippen LogP contribution in [0.1, 0.15) is 10.4 Å². The van der Waals surface area contributed by atoms with Gasteiger partial charge in [-0.05, 0) is 6.07 Å². The van der Waals surface area contributed by atoms with Gasteiger partial charge in [-0.15, -0.1) is 0 Å². The van der Waals surface area contributed by atoms with Gasteiger partial charge in [0.05, 0.1) is 4.92 Å². The number of nitro groups is 1. The Bertz CT molecular complexity index is 500. The second-order valence-corrected chi connectivity index (χ2v) is 3.50. The molecule has 1 aliphatic rings. The molecule has 0 unspecified atom stereocenters. The standard InChI is InChI=1S/C10H9N3O4/c14-9(12-5-4-11-10(12)15)7-2-1-3-8(6-7)13(16)17/h1-3,6H,4-5H2,(H,11,15). The molecular formula is C10H9N3O4. The Labute approximate surface area is 96.2 Å². The van der Waals surface area contributed by atoms with Gasteiger partial charge < -0.3 is 5.32 Å². The van der Waals surface area contributed by atoms with E-state index in [0.717, 1.165) is 11.0 Å². The van der Waals surface area contributed by atoms with Crippen LogP contribution in [-0.4, -0.2) is 34.9 Å². The van der Waals surface area contributed by atoms with Gasteiger partial charge in [0.1, 0.15) is 0 Å². The first kappa shape index (κ1) is 11.1. The van der Waals surface area contributed by atoms with Crippen LogP contribution in [0.5, 0.6) is 0 Å². The molecule has 0 saturated carbocycles. The van der Waals surface area contributed by atoms with Crippen molar-refractivity contribution in [2.24, 2.45) is 0 Å². The third-order valence-electron chi connectivity index (χ3n) is 2.41. The van der Waals surface area contributed by atoms with Gasteiger partial charge in [0.25, 0.3) is 11.6 Å². The molecule has 1 saturated heterocycles. The van der Waals surface area contributed by atoms with Crippen molar-refractivity contribution in [3.05, 3.63) is 39.9 Å². The number of carbonyl (C=O) groups excluding carboxylic acids is 2. The lowest BCUT2D eigenvalue weighted by molar-refractivity contribution is -0.384. The highest BCUT2D eigenvalue weighted by Gasteiger charge is 2.27. The molecule has 0 aromatic heterocycles. The van der Waals surface area contributed by atoms with Gasteiger partial charge in [-0.1, -0.05) is 6.07 Å². The Morgan fingerprint density at radius 1 is 1.47 bits per heavy atom. The number of urea groups is 1. The summed E-state index contributed by atoms with van der Waals surface area (Å²) < 4.78 is 0. The van der Waals surface area contributed by atoms with Gasteiger partial charge in [-0.3, -0.25) is 19.8 Å². The summed E-state index contributed by atoms with van der Waals surface area (Å²) in [4.78, 5) is 34.1. The van der Waals surface area contributed by atoms with Crippen LogP contribution < -0.4 is 5.32 Å². The van der Waals surface area contributed by atoms with E-state index in [2.05, 4.69) is 5.32 Å². The SMILES string of the molecule is O=C1NCCN1C(=O)c1cccc([N+](=O)[O-])c1. The molecule has 0 spiro atoms. The summed E-state index contributed by atoms with van der Waals surface area (Å²) in [7, 11) is 0. The molecule has 88 valence electrons. The van der Waals surface area contributed by atoms with Crippen LogP contribution in [0, 0.1) is 10.1 Å². The van der Waals surface area contributed by atoms with Crippen LogP contribution in [0.4, 0.5) is 10.5 Å². The van der Waals surface area contributed by atoms with Gasteiger partial charge in [0.2, 0.25) is 0 Å². The van der Waals surface area contributed by atoms with Crippen molar-refractivity contribution < 1.29 is 14.5 Å². The van der Waals surface area contributed by atoms with Gasteiger partial charge in [-0.25, -0.2) is 4.79 Å². The Hall–Kier alpha value is -2.44. The molecule has 1 fully saturated rings. The molecule has 0 atom stereocenters. The molecule has 1 aromatic carbocycles. The highest BCUT2D eigenvalue weighted by Crippen LogP contribution is 2.15. The largest absolute Gasteiger partial charge is 0.336 e. The molecule has 1 aliphatic heterocycles. The number of hydrogen-bond donors (Lipinski definition) is 1. The van der Waals surface area contributed by atoms with E-state index in [1.165, 1.54) is 18.2 Å². The Balaban J connectivity index is 2.27. The van der Waals surface area contributed by atoms with Crippen molar-refractivity contribution in [1.82, 2.24) is 10.2 Å². The summed E-state index contributed by atoms with van der Waals surface area (Å²) in [6.45, 7) is 0.680. The molecule has 1 N–H and O–H groups in total. The lowest BCUT2D eigenvalue weighted by Gasteiger charge is -2.11. The van der Waals surface area contributed by atoms with E-state index in [0.29, 0.717) is 6.54 Å². The lowest BCUT2D eigenvalue weighted by Crippen LogP contribution is -2.34. The fourth-order valence-corrected chi connectivity index (χ4v) is 1.57. The molecule has 17 heavy (non-hydrogen) atoms. The number of nitro benzene ring substituents is 1. The number of rotatable bonds is 2. The minimum absolute atomic E-state index is 0.135. The second-order valence-electron chi connectivity index (χ2n) is 3.50. The van der Waals surface area contributed by atoms with Crippen LogP contribution in [0.25, 0.3) is 0 Å². The zero-order valence-electron chi connectivity index (χ0n) is 8.75. The number of nitrogens with zero attached hydrogens (tertiary/aromatic N) is 2. The number of carbonyl (C=O) groups is 2. The summed E-state index contributed by atoms with van der Waals surface area (Å²) in [5.41, 5.74) is -0.0355. The second kappa shape index (κ2) is 4.20. The lowest BCUT2D eigenvalue weighted by atomic mass is 10.2.